The first kappa shape index (κ1) is 16.0. The molecule has 1 amide bonds. The zero-order valence-electron chi connectivity index (χ0n) is 12.8. The lowest BCUT2D eigenvalue weighted by Gasteiger charge is -2.36. The van der Waals surface area contributed by atoms with E-state index >= 15 is 0 Å². The SMILES string of the molecule is CC(C)(C)OC(=O)N1CC(=O)C[C@H](OC(C)(C)C)C1. The predicted molar refractivity (Wildman–Crippen MR) is 72.1 cm³/mol. The molecule has 5 nitrogen and oxygen atoms in total. The van der Waals surface area contributed by atoms with E-state index in [4.69, 9.17) is 9.47 Å². The summed E-state index contributed by atoms with van der Waals surface area (Å²) < 4.78 is 11.1. The number of ether oxygens (including phenoxy) is 2. The standard InChI is InChI=1S/C14H25NO4/c1-13(2,3)18-11-7-10(16)8-15(9-11)12(17)19-14(4,5)6/h11H,7-9H2,1-6H3/t11-/m0/s1. The van der Waals surface area contributed by atoms with Gasteiger partial charge in [0.1, 0.15) is 5.60 Å². The van der Waals surface area contributed by atoms with Crippen LogP contribution in [-0.2, 0) is 14.3 Å². The van der Waals surface area contributed by atoms with Crippen molar-refractivity contribution >= 4 is 11.9 Å². The molecule has 0 radical (unpaired) electrons. The molecule has 0 saturated carbocycles. The molecule has 5 heteroatoms. The highest BCUT2D eigenvalue weighted by atomic mass is 16.6. The van der Waals surface area contributed by atoms with Gasteiger partial charge in [-0.25, -0.2) is 4.79 Å². The van der Waals surface area contributed by atoms with E-state index in [9.17, 15) is 9.59 Å². The third-order valence-electron chi connectivity index (χ3n) is 2.42. The summed E-state index contributed by atoms with van der Waals surface area (Å²) in [4.78, 5) is 25.1. The molecule has 1 aliphatic heterocycles. The van der Waals surface area contributed by atoms with Gasteiger partial charge < -0.3 is 9.47 Å². The van der Waals surface area contributed by atoms with Crippen LogP contribution in [0, 0.1) is 0 Å². The van der Waals surface area contributed by atoms with Crippen LogP contribution in [0.15, 0.2) is 0 Å². The quantitative estimate of drug-likeness (QED) is 0.734. The summed E-state index contributed by atoms with van der Waals surface area (Å²) in [5.74, 6) is 0.00589. The number of rotatable bonds is 1. The van der Waals surface area contributed by atoms with E-state index in [1.165, 1.54) is 4.90 Å². The van der Waals surface area contributed by atoms with Crippen molar-refractivity contribution in [1.82, 2.24) is 4.90 Å². The Kier molecular flexibility index (Phi) is 4.61. The Morgan fingerprint density at radius 3 is 2.21 bits per heavy atom. The number of Topliss-reactive ketones (excluding diaryl/α,β-unsaturated/α-hetero) is 1. The molecule has 110 valence electrons. The first-order valence-electron chi connectivity index (χ1n) is 6.64. The zero-order valence-corrected chi connectivity index (χ0v) is 12.8. The predicted octanol–water partition coefficient (Wildman–Crippen LogP) is 2.38. The largest absolute Gasteiger partial charge is 0.444 e. The van der Waals surface area contributed by atoms with Crippen molar-refractivity contribution in [1.29, 1.82) is 0 Å². The summed E-state index contributed by atoms with van der Waals surface area (Å²) in [6, 6.07) is 0. The molecule has 19 heavy (non-hydrogen) atoms. The minimum Gasteiger partial charge on any atom is -0.444 e. The Labute approximate surface area is 115 Å². The van der Waals surface area contributed by atoms with Gasteiger partial charge in [0.2, 0.25) is 0 Å². The van der Waals surface area contributed by atoms with Gasteiger partial charge in [-0.05, 0) is 41.5 Å². The average molecular weight is 271 g/mol. The fraction of sp³-hybridized carbons (Fsp3) is 0.857. The van der Waals surface area contributed by atoms with Crippen LogP contribution < -0.4 is 0 Å². The van der Waals surface area contributed by atoms with Crippen LogP contribution in [0.2, 0.25) is 0 Å². The van der Waals surface area contributed by atoms with Crippen LogP contribution in [0.4, 0.5) is 4.79 Å². The molecule has 0 N–H and O–H groups in total. The van der Waals surface area contributed by atoms with Crippen LogP contribution >= 0.6 is 0 Å². The number of nitrogens with zero attached hydrogens (tertiary/aromatic N) is 1. The summed E-state index contributed by atoms with van der Waals surface area (Å²) in [6.07, 6.45) is -0.354. The second-order valence-electron chi connectivity index (χ2n) is 6.96. The number of amides is 1. The second-order valence-corrected chi connectivity index (χ2v) is 6.96. The number of hydrogen-bond acceptors (Lipinski definition) is 4. The van der Waals surface area contributed by atoms with Crippen LogP contribution in [-0.4, -0.2) is 47.2 Å². The maximum atomic E-state index is 12.0. The van der Waals surface area contributed by atoms with E-state index in [2.05, 4.69) is 0 Å². The lowest BCUT2D eigenvalue weighted by molar-refractivity contribution is -0.134. The first-order chi connectivity index (χ1) is 8.46. The average Bonchev–Trinajstić information content (AvgIpc) is 2.10. The number of hydrogen-bond donors (Lipinski definition) is 0. The van der Waals surface area contributed by atoms with E-state index in [-0.39, 0.29) is 24.0 Å². The molecular formula is C14H25NO4. The number of piperidine rings is 1. The molecule has 1 fully saturated rings. The molecule has 0 aromatic carbocycles. The molecule has 0 aromatic heterocycles. The van der Waals surface area contributed by atoms with E-state index in [0.717, 1.165) is 0 Å². The van der Waals surface area contributed by atoms with E-state index in [1.54, 1.807) is 20.8 Å². The van der Waals surface area contributed by atoms with Crippen molar-refractivity contribution in [2.45, 2.75) is 65.3 Å². The van der Waals surface area contributed by atoms with Gasteiger partial charge in [0.15, 0.2) is 5.78 Å². The van der Waals surface area contributed by atoms with Crippen molar-refractivity contribution in [3.05, 3.63) is 0 Å². The molecule has 0 bridgehead atoms. The van der Waals surface area contributed by atoms with Crippen molar-refractivity contribution in [3.8, 4) is 0 Å². The third-order valence-corrected chi connectivity index (χ3v) is 2.42. The van der Waals surface area contributed by atoms with Crippen molar-refractivity contribution in [2.24, 2.45) is 0 Å². The summed E-state index contributed by atoms with van der Waals surface area (Å²) in [6.45, 7) is 11.7. The maximum Gasteiger partial charge on any atom is 0.410 e. The first-order valence-corrected chi connectivity index (χ1v) is 6.64. The molecule has 1 atom stereocenters. The fourth-order valence-electron chi connectivity index (χ4n) is 1.95. The van der Waals surface area contributed by atoms with Crippen molar-refractivity contribution in [2.75, 3.05) is 13.1 Å². The van der Waals surface area contributed by atoms with Gasteiger partial charge in [0.25, 0.3) is 0 Å². The lowest BCUT2D eigenvalue weighted by atomic mass is 10.1. The molecule has 1 saturated heterocycles. The van der Waals surface area contributed by atoms with Crippen molar-refractivity contribution in [3.63, 3.8) is 0 Å². The van der Waals surface area contributed by atoms with Gasteiger partial charge in [-0.3, -0.25) is 9.69 Å². The smallest absolute Gasteiger partial charge is 0.410 e. The van der Waals surface area contributed by atoms with E-state index < -0.39 is 11.7 Å². The minimum atomic E-state index is -0.558. The highest BCUT2D eigenvalue weighted by Gasteiger charge is 2.33. The number of ketones is 1. The highest BCUT2D eigenvalue weighted by molar-refractivity contribution is 5.85. The summed E-state index contributed by atoms with van der Waals surface area (Å²) in [7, 11) is 0. The van der Waals surface area contributed by atoms with E-state index in [0.29, 0.717) is 13.0 Å². The summed E-state index contributed by atoms with van der Waals surface area (Å²) in [5, 5.41) is 0. The topological polar surface area (TPSA) is 55.8 Å². The molecule has 0 aliphatic carbocycles. The number of carbonyl (C=O) groups is 2. The van der Waals surface area contributed by atoms with Crippen LogP contribution in [0.25, 0.3) is 0 Å². The Morgan fingerprint density at radius 1 is 1.16 bits per heavy atom. The Hall–Kier alpha value is -1.10. The molecule has 0 spiro atoms. The van der Waals surface area contributed by atoms with Gasteiger partial charge >= 0.3 is 6.09 Å². The Morgan fingerprint density at radius 2 is 1.74 bits per heavy atom. The Balaban J connectivity index is 2.65. The van der Waals surface area contributed by atoms with Gasteiger partial charge in [-0.2, -0.15) is 0 Å². The summed E-state index contributed by atoms with van der Waals surface area (Å²) in [5.41, 5.74) is -0.889. The van der Waals surface area contributed by atoms with Crippen LogP contribution in [0.1, 0.15) is 48.0 Å². The third kappa shape index (κ3) is 6.05. The second kappa shape index (κ2) is 5.49. The minimum absolute atomic E-state index is 0.00589. The van der Waals surface area contributed by atoms with Gasteiger partial charge in [0, 0.05) is 6.42 Å². The monoisotopic (exact) mass is 271 g/mol. The van der Waals surface area contributed by atoms with Gasteiger partial charge in [-0.1, -0.05) is 0 Å². The van der Waals surface area contributed by atoms with E-state index in [1.807, 2.05) is 20.8 Å². The lowest BCUT2D eigenvalue weighted by Crippen LogP contribution is -2.50. The maximum absolute atomic E-state index is 12.0. The van der Waals surface area contributed by atoms with Gasteiger partial charge in [-0.15, -0.1) is 0 Å². The molecule has 1 aliphatic rings. The van der Waals surface area contributed by atoms with Crippen LogP contribution in [0.5, 0.6) is 0 Å². The number of likely N-dealkylation sites (tertiary alicyclic amines) is 1. The molecule has 1 heterocycles. The van der Waals surface area contributed by atoms with Crippen LogP contribution in [0.3, 0.4) is 0 Å². The highest BCUT2D eigenvalue weighted by Crippen LogP contribution is 2.19. The molecular weight excluding hydrogens is 246 g/mol. The van der Waals surface area contributed by atoms with Gasteiger partial charge in [0.05, 0.1) is 24.8 Å². The van der Waals surface area contributed by atoms with Crippen molar-refractivity contribution < 1.29 is 19.1 Å². The summed E-state index contributed by atoms with van der Waals surface area (Å²) >= 11 is 0. The Bertz CT molecular complexity index is 351. The fourth-order valence-corrected chi connectivity index (χ4v) is 1.95. The normalized spacial score (nSPS) is 21.5. The molecule has 0 aromatic rings. The molecule has 1 rings (SSSR count). The molecule has 0 unspecified atom stereocenters. The number of carbonyl (C=O) groups excluding carboxylic acids is 2. The zero-order chi connectivity index (χ0) is 14.8.